The first kappa shape index (κ1) is 13.8. The molecule has 1 fully saturated rings. The lowest BCUT2D eigenvalue weighted by Gasteiger charge is -2.22. The highest BCUT2D eigenvalue weighted by atomic mass is 32.2. The van der Waals surface area contributed by atoms with Crippen LogP contribution in [-0.2, 0) is 9.84 Å². The molecule has 6 nitrogen and oxygen atoms in total. The molecule has 2 N–H and O–H groups in total. The van der Waals surface area contributed by atoms with Gasteiger partial charge >= 0.3 is 0 Å². The quantitative estimate of drug-likeness (QED) is 0.798. The molecule has 7 heteroatoms. The van der Waals surface area contributed by atoms with Crippen molar-refractivity contribution in [2.45, 2.75) is 25.8 Å². The minimum Gasteiger partial charge on any atom is -0.366 e. The van der Waals surface area contributed by atoms with Crippen molar-refractivity contribution in [2.24, 2.45) is 0 Å². The van der Waals surface area contributed by atoms with E-state index in [9.17, 15) is 18.0 Å². The van der Waals surface area contributed by atoms with Crippen LogP contribution in [0.2, 0.25) is 0 Å². The average Bonchev–Trinajstić information content (AvgIpc) is 2.35. The molecule has 1 aromatic heterocycles. The zero-order valence-corrected chi connectivity index (χ0v) is 11.4. The van der Waals surface area contributed by atoms with Crippen LogP contribution in [0.4, 0.5) is 0 Å². The van der Waals surface area contributed by atoms with Gasteiger partial charge in [0.15, 0.2) is 5.43 Å². The number of aromatic amines is 1. The van der Waals surface area contributed by atoms with Gasteiger partial charge in [0.1, 0.15) is 15.4 Å². The number of aromatic nitrogens is 1. The highest BCUT2D eigenvalue weighted by Gasteiger charge is 2.25. The van der Waals surface area contributed by atoms with Gasteiger partial charge in [0.05, 0.1) is 11.5 Å². The van der Waals surface area contributed by atoms with Gasteiger partial charge in [-0.05, 0) is 19.8 Å². The first-order chi connectivity index (χ1) is 8.89. The summed E-state index contributed by atoms with van der Waals surface area (Å²) >= 11 is 0. The summed E-state index contributed by atoms with van der Waals surface area (Å²) < 4.78 is 22.6. The molecule has 0 radical (unpaired) electrons. The maximum absolute atomic E-state index is 12.0. The Balaban J connectivity index is 2.06. The summed E-state index contributed by atoms with van der Waals surface area (Å²) in [4.78, 5) is 26.5. The van der Waals surface area contributed by atoms with Crippen molar-refractivity contribution in [3.8, 4) is 0 Å². The van der Waals surface area contributed by atoms with Crippen molar-refractivity contribution in [3.05, 3.63) is 33.7 Å². The second-order valence-electron chi connectivity index (χ2n) is 4.78. The SMILES string of the molecule is Cc1c[nH]cc(C(=O)NC2CCS(=O)(=O)CC2)c1=O. The van der Waals surface area contributed by atoms with E-state index >= 15 is 0 Å². The molecular formula is C12H16N2O4S. The molecule has 2 heterocycles. The van der Waals surface area contributed by atoms with Crippen LogP contribution in [0, 0.1) is 6.92 Å². The molecule has 19 heavy (non-hydrogen) atoms. The van der Waals surface area contributed by atoms with Crippen molar-refractivity contribution in [3.63, 3.8) is 0 Å². The Morgan fingerprint density at radius 3 is 2.58 bits per heavy atom. The van der Waals surface area contributed by atoms with Gasteiger partial charge in [-0.2, -0.15) is 0 Å². The molecule has 2 rings (SSSR count). The van der Waals surface area contributed by atoms with E-state index in [0.717, 1.165) is 0 Å². The second kappa shape index (κ2) is 5.16. The Hall–Kier alpha value is -1.63. The van der Waals surface area contributed by atoms with Crippen molar-refractivity contribution < 1.29 is 13.2 Å². The maximum atomic E-state index is 12.0. The predicted octanol–water partition coefficient (Wildman–Crippen LogP) is -0.00968. The minimum atomic E-state index is -2.95. The molecular weight excluding hydrogens is 268 g/mol. The summed E-state index contributed by atoms with van der Waals surface area (Å²) in [5, 5.41) is 2.72. The fourth-order valence-electron chi connectivity index (χ4n) is 2.06. The van der Waals surface area contributed by atoms with Crippen LogP contribution >= 0.6 is 0 Å². The number of hydrogen-bond donors (Lipinski definition) is 2. The highest BCUT2D eigenvalue weighted by Crippen LogP contribution is 2.12. The van der Waals surface area contributed by atoms with E-state index in [-0.39, 0.29) is 28.5 Å². The topological polar surface area (TPSA) is 96.1 Å². The van der Waals surface area contributed by atoms with Crippen molar-refractivity contribution in [2.75, 3.05) is 11.5 Å². The molecule has 0 aliphatic carbocycles. The number of H-pyrrole nitrogens is 1. The molecule has 0 unspecified atom stereocenters. The lowest BCUT2D eigenvalue weighted by atomic mass is 10.1. The Kier molecular flexibility index (Phi) is 3.75. The van der Waals surface area contributed by atoms with Gasteiger partial charge in [-0.3, -0.25) is 9.59 Å². The van der Waals surface area contributed by atoms with Crippen LogP contribution in [0.5, 0.6) is 0 Å². The molecule has 1 aliphatic heterocycles. The number of sulfone groups is 1. The van der Waals surface area contributed by atoms with Crippen LogP contribution in [-0.4, -0.2) is 36.9 Å². The van der Waals surface area contributed by atoms with Crippen molar-refractivity contribution in [1.29, 1.82) is 0 Å². The molecule has 0 saturated carbocycles. The number of carbonyl (C=O) groups is 1. The number of hydrogen-bond acceptors (Lipinski definition) is 4. The van der Waals surface area contributed by atoms with E-state index in [0.29, 0.717) is 18.4 Å². The van der Waals surface area contributed by atoms with Gasteiger partial charge in [-0.1, -0.05) is 0 Å². The third kappa shape index (κ3) is 3.23. The summed E-state index contributed by atoms with van der Waals surface area (Å²) in [6.45, 7) is 1.63. The van der Waals surface area contributed by atoms with Gasteiger partial charge in [-0.25, -0.2) is 8.42 Å². The minimum absolute atomic E-state index is 0.0634. The molecule has 0 aromatic carbocycles. The van der Waals surface area contributed by atoms with E-state index in [4.69, 9.17) is 0 Å². The largest absolute Gasteiger partial charge is 0.366 e. The summed E-state index contributed by atoms with van der Waals surface area (Å²) in [7, 11) is -2.95. The molecule has 0 spiro atoms. The number of nitrogens with one attached hydrogen (secondary N) is 2. The van der Waals surface area contributed by atoms with Gasteiger partial charge in [0, 0.05) is 24.0 Å². The summed E-state index contributed by atoms with van der Waals surface area (Å²) in [6.07, 6.45) is 3.70. The first-order valence-corrected chi connectivity index (χ1v) is 7.90. The van der Waals surface area contributed by atoms with Gasteiger partial charge in [0.2, 0.25) is 0 Å². The van der Waals surface area contributed by atoms with Crippen LogP contribution in [0.3, 0.4) is 0 Å². The van der Waals surface area contributed by atoms with Gasteiger partial charge in [0.25, 0.3) is 5.91 Å². The zero-order valence-electron chi connectivity index (χ0n) is 10.6. The zero-order chi connectivity index (χ0) is 14.0. The summed E-state index contributed by atoms with van der Waals surface area (Å²) in [5.41, 5.74) is 0.229. The van der Waals surface area contributed by atoms with Crippen molar-refractivity contribution in [1.82, 2.24) is 10.3 Å². The third-order valence-corrected chi connectivity index (χ3v) is 4.98. The number of carbonyl (C=O) groups excluding carboxylic acids is 1. The van der Waals surface area contributed by atoms with E-state index in [1.165, 1.54) is 12.4 Å². The summed E-state index contributed by atoms with van der Waals surface area (Å²) in [5.74, 6) is -0.279. The van der Waals surface area contributed by atoms with Crippen LogP contribution in [0.25, 0.3) is 0 Å². The molecule has 0 atom stereocenters. The van der Waals surface area contributed by atoms with E-state index < -0.39 is 15.7 Å². The Labute approximate surface area is 111 Å². The maximum Gasteiger partial charge on any atom is 0.256 e. The lowest BCUT2D eigenvalue weighted by Crippen LogP contribution is -2.42. The van der Waals surface area contributed by atoms with Gasteiger partial charge < -0.3 is 10.3 Å². The average molecular weight is 284 g/mol. The number of amides is 1. The van der Waals surface area contributed by atoms with Crippen LogP contribution in [0.1, 0.15) is 28.8 Å². The normalized spacial score (nSPS) is 19.0. The van der Waals surface area contributed by atoms with Crippen LogP contribution < -0.4 is 10.7 Å². The second-order valence-corrected chi connectivity index (χ2v) is 7.08. The summed E-state index contributed by atoms with van der Waals surface area (Å²) in [6, 6.07) is -0.184. The smallest absolute Gasteiger partial charge is 0.256 e. The first-order valence-electron chi connectivity index (χ1n) is 6.08. The fourth-order valence-corrected chi connectivity index (χ4v) is 3.55. The number of pyridine rings is 1. The number of rotatable bonds is 2. The molecule has 1 aliphatic rings. The molecule has 104 valence electrons. The lowest BCUT2D eigenvalue weighted by molar-refractivity contribution is 0.0932. The van der Waals surface area contributed by atoms with E-state index in [1.807, 2.05) is 0 Å². The van der Waals surface area contributed by atoms with Gasteiger partial charge in [-0.15, -0.1) is 0 Å². The fraction of sp³-hybridized carbons (Fsp3) is 0.500. The Morgan fingerprint density at radius 1 is 1.32 bits per heavy atom. The highest BCUT2D eigenvalue weighted by molar-refractivity contribution is 7.91. The standard InChI is InChI=1S/C12H16N2O4S/c1-8-6-13-7-10(11(8)15)12(16)14-9-2-4-19(17,18)5-3-9/h6-7,9H,2-5H2,1H3,(H,13,15)(H,14,16). The molecule has 1 amide bonds. The predicted molar refractivity (Wildman–Crippen MR) is 70.9 cm³/mol. The molecule has 1 aromatic rings. The third-order valence-electron chi connectivity index (χ3n) is 3.26. The monoisotopic (exact) mass is 284 g/mol. The Bertz CT molecular complexity index is 634. The molecule has 1 saturated heterocycles. The van der Waals surface area contributed by atoms with Crippen LogP contribution in [0.15, 0.2) is 17.2 Å². The molecule has 0 bridgehead atoms. The van der Waals surface area contributed by atoms with E-state index in [1.54, 1.807) is 6.92 Å². The van der Waals surface area contributed by atoms with E-state index in [2.05, 4.69) is 10.3 Å². The van der Waals surface area contributed by atoms with Crippen molar-refractivity contribution >= 4 is 15.7 Å². The Morgan fingerprint density at radius 2 is 1.95 bits per heavy atom. The number of aryl methyl sites for hydroxylation is 1.